The lowest BCUT2D eigenvalue weighted by Crippen LogP contribution is -2.33. The number of carboxylic acid groups (broad SMARTS) is 1. The van der Waals surface area contributed by atoms with Crippen LogP contribution in [0, 0.1) is 0 Å². The molecule has 1 atom stereocenters. The van der Waals surface area contributed by atoms with E-state index in [0.717, 1.165) is 0 Å². The molecule has 0 saturated heterocycles. The van der Waals surface area contributed by atoms with Gasteiger partial charge in [-0.2, -0.15) is 0 Å². The van der Waals surface area contributed by atoms with E-state index >= 15 is 0 Å². The average Bonchev–Trinajstić information content (AvgIpc) is 1.81. The van der Waals surface area contributed by atoms with Gasteiger partial charge in [-0.1, -0.05) is 0 Å². The van der Waals surface area contributed by atoms with E-state index in [4.69, 9.17) is 5.11 Å². The van der Waals surface area contributed by atoms with E-state index in [0.29, 0.717) is 6.54 Å². The SMILES string of the molecule is COC(CN(C)C)C(=O)O. The Bertz CT molecular complexity index is 114. The van der Waals surface area contributed by atoms with Crippen molar-refractivity contribution in [2.45, 2.75) is 6.10 Å². The fourth-order valence-corrected chi connectivity index (χ4v) is 0.585. The molecule has 10 heavy (non-hydrogen) atoms. The van der Waals surface area contributed by atoms with E-state index in [-0.39, 0.29) is 0 Å². The van der Waals surface area contributed by atoms with Gasteiger partial charge in [0.2, 0.25) is 0 Å². The molecule has 0 saturated carbocycles. The number of aliphatic carboxylic acids is 1. The number of hydrogen-bond acceptors (Lipinski definition) is 3. The van der Waals surface area contributed by atoms with Crippen molar-refractivity contribution in [2.75, 3.05) is 27.7 Å². The Hall–Kier alpha value is -0.610. The van der Waals surface area contributed by atoms with Crippen molar-refractivity contribution < 1.29 is 14.6 Å². The largest absolute Gasteiger partial charge is 0.479 e. The maximum atomic E-state index is 10.3. The molecule has 0 aromatic rings. The summed E-state index contributed by atoms with van der Waals surface area (Å²) in [7, 11) is 4.99. The van der Waals surface area contributed by atoms with Crippen molar-refractivity contribution in [1.82, 2.24) is 4.90 Å². The Morgan fingerprint density at radius 1 is 1.70 bits per heavy atom. The molecule has 4 heteroatoms. The van der Waals surface area contributed by atoms with Crippen LogP contribution in [0.3, 0.4) is 0 Å². The predicted molar refractivity (Wildman–Crippen MR) is 37.0 cm³/mol. The van der Waals surface area contributed by atoms with Crippen LogP contribution in [0.1, 0.15) is 0 Å². The number of likely N-dealkylation sites (N-methyl/N-ethyl adjacent to an activating group) is 1. The molecule has 1 unspecified atom stereocenters. The highest BCUT2D eigenvalue weighted by Crippen LogP contribution is 1.91. The van der Waals surface area contributed by atoms with Gasteiger partial charge in [0.15, 0.2) is 6.10 Å². The van der Waals surface area contributed by atoms with Crippen molar-refractivity contribution in [1.29, 1.82) is 0 Å². The van der Waals surface area contributed by atoms with Crippen LogP contribution in [0.4, 0.5) is 0 Å². The molecule has 0 aromatic carbocycles. The molecule has 0 amide bonds. The van der Waals surface area contributed by atoms with Gasteiger partial charge in [-0.25, -0.2) is 4.79 Å². The summed E-state index contributed by atoms with van der Waals surface area (Å²) in [6, 6.07) is 0. The summed E-state index contributed by atoms with van der Waals surface area (Å²) < 4.78 is 4.68. The van der Waals surface area contributed by atoms with Crippen molar-refractivity contribution in [3.63, 3.8) is 0 Å². The Balaban J connectivity index is 3.72. The van der Waals surface area contributed by atoms with E-state index in [2.05, 4.69) is 4.74 Å². The fourth-order valence-electron chi connectivity index (χ4n) is 0.585. The number of hydrogen-bond donors (Lipinski definition) is 1. The van der Waals surface area contributed by atoms with Gasteiger partial charge in [0.05, 0.1) is 0 Å². The van der Waals surface area contributed by atoms with Crippen LogP contribution in [0.15, 0.2) is 0 Å². The fraction of sp³-hybridized carbons (Fsp3) is 0.833. The summed E-state index contributed by atoms with van der Waals surface area (Å²) in [5, 5.41) is 8.47. The molecule has 0 aliphatic carbocycles. The zero-order valence-electron chi connectivity index (χ0n) is 6.50. The van der Waals surface area contributed by atoms with Crippen molar-refractivity contribution in [2.24, 2.45) is 0 Å². The van der Waals surface area contributed by atoms with Crippen LogP contribution >= 0.6 is 0 Å². The molecule has 0 rings (SSSR count). The minimum atomic E-state index is -0.920. The standard InChI is InChI=1S/C6H13NO3/c1-7(2)4-5(10-3)6(8)9/h5H,4H2,1-3H3,(H,8,9). The lowest BCUT2D eigenvalue weighted by Gasteiger charge is -2.14. The quantitative estimate of drug-likeness (QED) is 0.590. The van der Waals surface area contributed by atoms with Crippen molar-refractivity contribution in [3.05, 3.63) is 0 Å². The number of nitrogens with zero attached hydrogens (tertiary/aromatic N) is 1. The van der Waals surface area contributed by atoms with Gasteiger partial charge in [-0.15, -0.1) is 0 Å². The highest BCUT2D eigenvalue weighted by Gasteiger charge is 2.16. The Morgan fingerprint density at radius 2 is 2.20 bits per heavy atom. The number of carboxylic acids is 1. The first-order chi connectivity index (χ1) is 4.57. The maximum Gasteiger partial charge on any atom is 0.334 e. The maximum absolute atomic E-state index is 10.3. The molecule has 4 nitrogen and oxygen atoms in total. The first-order valence-corrected chi connectivity index (χ1v) is 2.98. The lowest BCUT2D eigenvalue weighted by molar-refractivity contribution is -0.149. The summed E-state index contributed by atoms with van der Waals surface area (Å²) in [6.45, 7) is 0.409. The number of ether oxygens (including phenoxy) is 1. The molecule has 0 bridgehead atoms. The smallest absolute Gasteiger partial charge is 0.334 e. The van der Waals surface area contributed by atoms with E-state index in [1.54, 1.807) is 19.0 Å². The zero-order chi connectivity index (χ0) is 8.15. The van der Waals surface area contributed by atoms with Crippen molar-refractivity contribution in [3.8, 4) is 0 Å². The van der Waals surface area contributed by atoms with Gasteiger partial charge in [-0.05, 0) is 14.1 Å². The molecule has 0 heterocycles. The molecule has 0 fully saturated rings. The highest BCUT2D eigenvalue weighted by atomic mass is 16.5. The lowest BCUT2D eigenvalue weighted by atomic mass is 10.3. The molecule has 0 radical (unpaired) electrons. The third-order valence-electron chi connectivity index (χ3n) is 1.09. The van der Waals surface area contributed by atoms with Gasteiger partial charge < -0.3 is 14.7 Å². The summed E-state index contributed by atoms with van der Waals surface area (Å²) in [5.74, 6) is -0.920. The monoisotopic (exact) mass is 147 g/mol. The van der Waals surface area contributed by atoms with Gasteiger partial charge in [0.25, 0.3) is 0 Å². The van der Waals surface area contributed by atoms with E-state index in [1.165, 1.54) is 7.11 Å². The normalized spacial score (nSPS) is 13.6. The topological polar surface area (TPSA) is 49.8 Å². The summed E-state index contributed by atoms with van der Waals surface area (Å²) >= 11 is 0. The predicted octanol–water partition coefficient (Wildman–Crippen LogP) is -0.352. The summed E-state index contributed by atoms with van der Waals surface area (Å²) in [4.78, 5) is 12.1. The molecule has 0 aliphatic heterocycles. The van der Waals surface area contributed by atoms with Crippen LogP contribution in [-0.4, -0.2) is 49.8 Å². The van der Waals surface area contributed by atoms with Crippen LogP contribution in [0.5, 0.6) is 0 Å². The number of methoxy groups -OCH3 is 1. The minimum Gasteiger partial charge on any atom is -0.479 e. The number of carbonyl (C=O) groups is 1. The third-order valence-corrected chi connectivity index (χ3v) is 1.09. The molecule has 60 valence electrons. The first kappa shape index (κ1) is 9.39. The molecular formula is C6H13NO3. The third kappa shape index (κ3) is 3.42. The summed E-state index contributed by atoms with van der Waals surface area (Å²) in [6.07, 6.45) is -0.713. The van der Waals surface area contributed by atoms with Gasteiger partial charge in [0, 0.05) is 13.7 Å². The van der Waals surface area contributed by atoms with Gasteiger partial charge in [0.1, 0.15) is 0 Å². The molecular weight excluding hydrogens is 134 g/mol. The Morgan fingerprint density at radius 3 is 2.30 bits per heavy atom. The number of rotatable bonds is 4. The van der Waals surface area contributed by atoms with Crippen LogP contribution in [0.25, 0.3) is 0 Å². The van der Waals surface area contributed by atoms with E-state index in [9.17, 15) is 4.79 Å². The van der Waals surface area contributed by atoms with Crippen molar-refractivity contribution >= 4 is 5.97 Å². The molecule has 1 N–H and O–H groups in total. The Kier molecular flexibility index (Phi) is 3.99. The molecule has 0 spiro atoms. The van der Waals surface area contributed by atoms with Gasteiger partial charge in [-0.3, -0.25) is 0 Å². The first-order valence-electron chi connectivity index (χ1n) is 2.98. The van der Waals surface area contributed by atoms with Crippen LogP contribution in [0.2, 0.25) is 0 Å². The van der Waals surface area contributed by atoms with E-state index < -0.39 is 12.1 Å². The van der Waals surface area contributed by atoms with Gasteiger partial charge >= 0.3 is 5.97 Å². The van der Waals surface area contributed by atoms with E-state index in [1.807, 2.05) is 0 Å². The summed E-state index contributed by atoms with van der Waals surface area (Å²) in [5.41, 5.74) is 0. The molecule has 0 aliphatic rings. The average molecular weight is 147 g/mol. The second kappa shape index (κ2) is 4.24. The minimum absolute atomic E-state index is 0.409. The highest BCUT2D eigenvalue weighted by molar-refractivity contribution is 5.72. The second-order valence-corrected chi connectivity index (χ2v) is 2.32. The zero-order valence-corrected chi connectivity index (χ0v) is 6.50. The van der Waals surface area contributed by atoms with Crippen LogP contribution in [-0.2, 0) is 9.53 Å². The molecule has 0 aromatic heterocycles. The second-order valence-electron chi connectivity index (χ2n) is 2.32. The Labute approximate surface area is 60.4 Å². The van der Waals surface area contributed by atoms with Crippen LogP contribution < -0.4 is 0 Å².